The van der Waals surface area contributed by atoms with Gasteiger partial charge in [0.2, 0.25) is 0 Å². The number of nitrogens with one attached hydrogen (secondary N) is 1. The van der Waals surface area contributed by atoms with Crippen molar-refractivity contribution in [3.05, 3.63) is 18.1 Å². The second-order valence-corrected chi connectivity index (χ2v) is 6.31. The number of rotatable bonds is 5. The first kappa shape index (κ1) is 13.3. The van der Waals surface area contributed by atoms with E-state index in [1.54, 1.807) is 6.33 Å². The maximum absolute atomic E-state index is 4.25. The average molecular weight is 239 g/mol. The first-order valence-corrected chi connectivity index (χ1v) is 6.78. The number of hydrogen-bond acceptors (Lipinski definition) is 4. The molecule has 1 heterocycles. The minimum Gasteiger partial charge on any atom is -0.369 e. The number of hydrogen-bond donors (Lipinski definition) is 1. The second kappa shape index (κ2) is 5.53. The Labute approximate surface area is 102 Å². The molecule has 0 aliphatic heterocycles. The van der Waals surface area contributed by atoms with E-state index in [2.05, 4.69) is 49.2 Å². The van der Waals surface area contributed by atoms with E-state index >= 15 is 0 Å². The summed E-state index contributed by atoms with van der Waals surface area (Å²) in [6, 6.07) is 2.03. The van der Waals surface area contributed by atoms with E-state index in [0.29, 0.717) is 5.92 Å². The molecule has 0 amide bonds. The molecule has 0 aliphatic carbocycles. The van der Waals surface area contributed by atoms with E-state index in [1.807, 2.05) is 17.8 Å². The summed E-state index contributed by atoms with van der Waals surface area (Å²) < 4.78 is 0.225. The number of nitrogens with zero attached hydrogens (tertiary/aromatic N) is 2. The molecule has 1 N–H and O–H groups in total. The van der Waals surface area contributed by atoms with Crippen molar-refractivity contribution >= 4 is 17.6 Å². The van der Waals surface area contributed by atoms with E-state index in [0.717, 1.165) is 18.1 Å². The fourth-order valence-electron chi connectivity index (χ4n) is 1.16. The van der Waals surface area contributed by atoms with Crippen LogP contribution in [0.1, 0.15) is 39.3 Å². The molecule has 1 rings (SSSR count). The Morgan fingerprint density at radius 2 is 2.06 bits per heavy atom. The van der Waals surface area contributed by atoms with Gasteiger partial charge in [-0.2, -0.15) is 11.8 Å². The van der Waals surface area contributed by atoms with E-state index < -0.39 is 0 Å². The highest BCUT2D eigenvalue weighted by molar-refractivity contribution is 7.99. The number of thioether (sulfide) groups is 1. The molecular weight excluding hydrogens is 218 g/mol. The van der Waals surface area contributed by atoms with Gasteiger partial charge >= 0.3 is 0 Å². The van der Waals surface area contributed by atoms with Gasteiger partial charge in [-0.1, -0.05) is 13.8 Å². The van der Waals surface area contributed by atoms with Crippen LogP contribution in [0.3, 0.4) is 0 Å². The van der Waals surface area contributed by atoms with E-state index in [4.69, 9.17) is 0 Å². The Kier molecular flexibility index (Phi) is 4.59. The van der Waals surface area contributed by atoms with Crippen LogP contribution in [0, 0.1) is 0 Å². The first-order valence-electron chi connectivity index (χ1n) is 5.55. The molecule has 0 saturated heterocycles. The maximum Gasteiger partial charge on any atom is 0.129 e. The Hall–Kier alpha value is -0.770. The normalized spacial score (nSPS) is 11.9. The van der Waals surface area contributed by atoms with Gasteiger partial charge in [0, 0.05) is 23.1 Å². The van der Waals surface area contributed by atoms with Crippen molar-refractivity contribution in [2.75, 3.05) is 18.1 Å². The van der Waals surface area contributed by atoms with Crippen LogP contribution in [0.5, 0.6) is 0 Å². The van der Waals surface area contributed by atoms with Crippen LogP contribution in [0.25, 0.3) is 0 Å². The molecule has 16 heavy (non-hydrogen) atoms. The molecule has 90 valence electrons. The lowest BCUT2D eigenvalue weighted by Crippen LogP contribution is -2.26. The summed E-state index contributed by atoms with van der Waals surface area (Å²) in [6.07, 6.45) is 3.75. The summed E-state index contributed by atoms with van der Waals surface area (Å²) in [5, 5.41) is 3.36. The summed E-state index contributed by atoms with van der Waals surface area (Å²) in [5.74, 6) is 1.36. The van der Waals surface area contributed by atoms with E-state index in [-0.39, 0.29) is 4.75 Å². The van der Waals surface area contributed by atoms with Gasteiger partial charge < -0.3 is 5.32 Å². The summed E-state index contributed by atoms with van der Waals surface area (Å²) in [6.45, 7) is 9.61. The molecule has 0 saturated carbocycles. The fourth-order valence-corrected chi connectivity index (χ4v) is 1.38. The zero-order valence-electron chi connectivity index (χ0n) is 10.7. The molecule has 1 aromatic heterocycles. The van der Waals surface area contributed by atoms with Gasteiger partial charge in [-0.05, 0) is 26.0 Å². The molecule has 0 spiro atoms. The average Bonchev–Trinajstić information content (AvgIpc) is 2.27. The molecule has 0 bridgehead atoms. The third-order valence-corrected chi connectivity index (χ3v) is 3.78. The van der Waals surface area contributed by atoms with Crippen LogP contribution in [0.2, 0.25) is 0 Å². The monoisotopic (exact) mass is 239 g/mol. The van der Waals surface area contributed by atoms with Gasteiger partial charge in [0.15, 0.2) is 0 Å². The highest BCUT2D eigenvalue weighted by Crippen LogP contribution is 2.21. The van der Waals surface area contributed by atoms with Crippen molar-refractivity contribution in [3.8, 4) is 0 Å². The summed E-state index contributed by atoms with van der Waals surface area (Å²) >= 11 is 1.85. The fraction of sp³-hybridized carbons (Fsp3) is 0.667. The van der Waals surface area contributed by atoms with Crippen molar-refractivity contribution in [3.63, 3.8) is 0 Å². The van der Waals surface area contributed by atoms with Crippen LogP contribution in [0.15, 0.2) is 12.4 Å². The number of anilines is 1. The van der Waals surface area contributed by atoms with Crippen molar-refractivity contribution < 1.29 is 0 Å². The molecule has 0 radical (unpaired) electrons. The quantitative estimate of drug-likeness (QED) is 0.856. The Morgan fingerprint density at radius 1 is 1.38 bits per heavy atom. The molecule has 4 heteroatoms. The lowest BCUT2D eigenvalue weighted by Gasteiger charge is -2.22. The van der Waals surface area contributed by atoms with Crippen molar-refractivity contribution in [1.29, 1.82) is 0 Å². The third kappa shape index (κ3) is 4.00. The SMILES string of the molecule is CSC(C)(C)CNc1cc(C(C)C)ncn1. The van der Waals surface area contributed by atoms with Crippen LogP contribution < -0.4 is 5.32 Å². The van der Waals surface area contributed by atoms with Gasteiger partial charge in [0.05, 0.1) is 0 Å². The lowest BCUT2D eigenvalue weighted by atomic mass is 10.1. The molecule has 0 atom stereocenters. The summed E-state index contributed by atoms with van der Waals surface area (Å²) in [7, 11) is 0. The van der Waals surface area contributed by atoms with Crippen LogP contribution in [-0.4, -0.2) is 27.5 Å². The third-order valence-electron chi connectivity index (χ3n) is 2.53. The van der Waals surface area contributed by atoms with Gasteiger partial charge in [-0.15, -0.1) is 0 Å². The second-order valence-electron chi connectivity index (χ2n) is 4.80. The predicted octanol–water partition coefficient (Wildman–Crippen LogP) is 3.15. The van der Waals surface area contributed by atoms with Gasteiger partial charge in [0.1, 0.15) is 12.1 Å². The van der Waals surface area contributed by atoms with Gasteiger partial charge in [-0.3, -0.25) is 0 Å². The summed E-state index contributed by atoms with van der Waals surface area (Å²) in [5.41, 5.74) is 1.08. The summed E-state index contributed by atoms with van der Waals surface area (Å²) in [4.78, 5) is 8.47. The molecule has 1 aromatic rings. The Morgan fingerprint density at radius 3 is 2.62 bits per heavy atom. The van der Waals surface area contributed by atoms with Gasteiger partial charge in [-0.25, -0.2) is 9.97 Å². The van der Waals surface area contributed by atoms with Crippen LogP contribution >= 0.6 is 11.8 Å². The minimum absolute atomic E-state index is 0.225. The highest BCUT2D eigenvalue weighted by Gasteiger charge is 2.15. The highest BCUT2D eigenvalue weighted by atomic mass is 32.2. The predicted molar refractivity (Wildman–Crippen MR) is 72.2 cm³/mol. The molecule has 0 fully saturated rings. The zero-order valence-corrected chi connectivity index (χ0v) is 11.6. The lowest BCUT2D eigenvalue weighted by molar-refractivity contribution is 0.747. The first-order chi connectivity index (χ1) is 7.44. The standard InChI is InChI=1S/C12H21N3S/c1-9(2)10-6-11(15-8-14-10)13-7-12(3,4)16-5/h6,8-9H,7H2,1-5H3,(H,13,14,15). The largest absolute Gasteiger partial charge is 0.369 e. The zero-order chi connectivity index (χ0) is 12.2. The van der Waals surface area contributed by atoms with E-state index in [1.165, 1.54) is 0 Å². The minimum atomic E-state index is 0.225. The Bertz CT molecular complexity index is 337. The number of aromatic nitrogens is 2. The van der Waals surface area contributed by atoms with Crippen molar-refractivity contribution in [1.82, 2.24) is 9.97 Å². The molecular formula is C12H21N3S. The Balaban J connectivity index is 2.64. The molecule has 3 nitrogen and oxygen atoms in total. The van der Waals surface area contributed by atoms with Crippen LogP contribution in [0.4, 0.5) is 5.82 Å². The molecule has 0 unspecified atom stereocenters. The van der Waals surface area contributed by atoms with Crippen LogP contribution in [-0.2, 0) is 0 Å². The maximum atomic E-state index is 4.25. The smallest absolute Gasteiger partial charge is 0.129 e. The van der Waals surface area contributed by atoms with E-state index in [9.17, 15) is 0 Å². The van der Waals surface area contributed by atoms with Gasteiger partial charge in [0.25, 0.3) is 0 Å². The molecule has 0 aromatic carbocycles. The molecule has 0 aliphatic rings. The van der Waals surface area contributed by atoms with Crippen molar-refractivity contribution in [2.45, 2.75) is 38.4 Å². The topological polar surface area (TPSA) is 37.8 Å². The van der Waals surface area contributed by atoms with Crippen molar-refractivity contribution in [2.24, 2.45) is 0 Å².